The number of rotatable bonds is 6. The number of aromatic carboxylic acids is 1. The molecule has 2 saturated carbocycles. The van der Waals surface area contributed by atoms with Crippen molar-refractivity contribution in [3.63, 3.8) is 0 Å². The molecular weight excluding hydrogens is 699 g/mol. The summed E-state index contributed by atoms with van der Waals surface area (Å²) >= 11 is 0. The Kier molecular flexibility index (Phi) is 11.9. The maximum Gasteiger partial charge on any atom is 1.00 e. The summed E-state index contributed by atoms with van der Waals surface area (Å²) < 4.78 is 4.85. The molecular formula is C51H63LiO5. The van der Waals surface area contributed by atoms with Crippen molar-refractivity contribution in [1.82, 2.24) is 0 Å². The Hall–Kier alpha value is -3.62. The standard InChI is InChI=1S/C26H32O2.C25H30O2.Li.H2O/c1-17-15-21-22(25(4,5)12-11-24(21,2)3)16-20(17)26(13-14-26)19-9-7-18(8-10-19)23(27)28-6;1-16-14-20-21(24(4,5)11-10-23(20,2)3)15-19(16)25(12-13-25)18-8-6-17(7-9-18)22(26)27;;/h7-10,15-16H,11-14H2,1-6H3;6-9,14-15H,10-13H2,1-5H3,(H,26,27);;1H2/q;;+1;/p-1. The van der Waals surface area contributed by atoms with Gasteiger partial charge in [0.1, 0.15) is 0 Å². The van der Waals surface area contributed by atoms with Crippen molar-refractivity contribution in [2.24, 2.45) is 0 Å². The van der Waals surface area contributed by atoms with E-state index in [9.17, 15) is 14.7 Å². The molecule has 0 aromatic heterocycles. The monoisotopic (exact) mass is 762 g/mol. The van der Waals surface area contributed by atoms with Crippen LogP contribution in [0.1, 0.15) is 183 Å². The van der Waals surface area contributed by atoms with Crippen LogP contribution in [-0.2, 0) is 37.2 Å². The molecule has 6 heteroatoms. The summed E-state index contributed by atoms with van der Waals surface area (Å²) in [5, 5.41) is 9.19. The van der Waals surface area contributed by atoms with E-state index in [-0.39, 0.29) is 62.8 Å². The quantitative estimate of drug-likeness (QED) is 0.156. The molecule has 4 aromatic rings. The minimum Gasteiger partial charge on any atom is -0.870 e. The van der Waals surface area contributed by atoms with Crippen LogP contribution in [0.2, 0.25) is 0 Å². The molecule has 57 heavy (non-hydrogen) atoms. The third-order valence-electron chi connectivity index (χ3n) is 14.5. The summed E-state index contributed by atoms with van der Waals surface area (Å²) in [6.45, 7) is 23.6. The molecule has 4 aromatic carbocycles. The molecule has 0 radical (unpaired) electrons. The summed E-state index contributed by atoms with van der Waals surface area (Å²) in [6.07, 6.45) is 9.55. The van der Waals surface area contributed by atoms with Gasteiger partial charge in [0.25, 0.3) is 0 Å². The van der Waals surface area contributed by atoms with E-state index in [1.54, 1.807) is 12.1 Å². The molecule has 0 amide bonds. The molecule has 0 atom stereocenters. The third-order valence-corrected chi connectivity index (χ3v) is 14.5. The zero-order valence-corrected chi connectivity index (χ0v) is 36.7. The van der Waals surface area contributed by atoms with Gasteiger partial charge >= 0.3 is 30.8 Å². The number of aryl methyl sites for hydroxylation is 2. The number of benzene rings is 4. The summed E-state index contributed by atoms with van der Waals surface area (Å²) in [5.41, 5.74) is 16.4. The summed E-state index contributed by atoms with van der Waals surface area (Å²) in [5.74, 6) is -1.13. The third kappa shape index (κ3) is 7.82. The summed E-state index contributed by atoms with van der Waals surface area (Å²) in [7, 11) is 1.43. The van der Waals surface area contributed by atoms with Crippen LogP contribution in [0.15, 0.2) is 72.8 Å². The van der Waals surface area contributed by atoms with Crippen molar-refractivity contribution >= 4 is 11.9 Å². The number of esters is 1. The number of hydrogen-bond acceptors (Lipinski definition) is 4. The number of methoxy groups -OCH3 is 1. The van der Waals surface area contributed by atoms with E-state index in [1.807, 2.05) is 24.3 Å². The van der Waals surface area contributed by atoms with E-state index < -0.39 is 5.97 Å². The van der Waals surface area contributed by atoms with Crippen molar-refractivity contribution in [2.75, 3.05) is 7.11 Å². The second-order valence-electron chi connectivity index (χ2n) is 20.1. The van der Waals surface area contributed by atoms with Crippen LogP contribution in [0.4, 0.5) is 0 Å². The molecule has 5 nitrogen and oxygen atoms in total. The Morgan fingerprint density at radius 1 is 0.491 bits per heavy atom. The van der Waals surface area contributed by atoms with E-state index in [0.29, 0.717) is 11.1 Å². The fraction of sp³-hybridized carbons (Fsp3) is 0.490. The van der Waals surface area contributed by atoms with Gasteiger partial charge in [0.2, 0.25) is 0 Å². The first-order chi connectivity index (χ1) is 25.7. The van der Waals surface area contributed by atoms with Gasteiger partial charge in [-0.25, -0.2) is 9.59 Å². The molecule has 8 rings (SSSR count). The zero-order chi connectivity index (χ0) is 39.9. The average molecular weight is 763 g/mol. The van der Waals surface area contributed by atoms with Crippen LogP contribution in [0.25, 0.3) is 0 Å². The molecule has 0 heterocycles. The van der Waals surface area contributed by atoms with E-state index in [1.165, 1.54) is 101 Å². The number of ether oxygens (including phenoxy) is 1. The number of hydrogen-bond donors (Lipinski definition) is 1. The topological polar surface area (TPSA) is 93.6 Å². The van der Waals surface area contributed by atoms with Gasteiger partial charge in [-0.15, -0.1) is 0 Å². The van der Waals surface area contributed by atoms with Crippen LogP contribution in [0, 0.1) is 13.8 Å². The van der Waals surface area contributed by atoms with Gasteiger partial charge in [-0.2, -0.15) is 0 Å². The largest absolute Gasteiger partial charge is 1.00 e. The molecule has 0 saturated heterocycles. The average Bonchev–Trinajstić information content (AvgIpc) is 4.08. The fourth-order valence-electron chi connectivity index (χ4n) is 10.1. The molecule has 2 fully saturated rings. The Labute approximate surface area is 353 Å². The maximum atomic E-state index is 11.8. The number of carboxylic acid groups (broad SMARTS) is 1. The van der Waals surface area contributed by atoms with E-state index in [4.69, 9.17) is 4.74 Å². The van der Waals surface area contributed by atoms with E-state index in [0.717, 1.165) is 12.8 Å². The predicted octanol–water partition coefficient (Wildman–Crippen LogP) is 9.16. The molecule has 0 aliphatic heterocycles. The molecule has 4 aliphatic carbocycles. The van der Waals surface area contributed by atoms with Gasteiger partial charge in [-0.3, -0.25) is 0 Å². The Bertz CT molecular complexity index is 2160. The number of carbonyl (C=O) groups excluding carboxylic acids is 1. The minimum atomic E-state index is -0.861. The minimum absolute atomic E-state index is 0. The number of fused-ring (bicyclic) bond motifs is 2. The molecule has 2 N–H and O–H groups in total. The van der Waals surface area contributed by atoms with Crippen LogP contribution >= 0.6 is 0 Å². The molecule has 0 unspecified atom stereocenters. The summed E-state index contributed by atoms with van der Waals surface area (Å²) in [4.78, 5) is 23.0. The summed E-state index contributed by atoms with van der Waals surface area (Å²) in [6, 6.07) is 25.5. The Balaban J connectivity index is 0.000000210. The van der Waals surface area contributed by atoms with Crippen LogP contribution < -0.4 is 18.9 Å². The SMILES string of the molecule is COC(=O)c1ccc(C2(c3cc4c(cc3C)C(C)(C)CCC4(C)C)CC2)cc1.Cc1cc2c(cc1C1(c3ccc(C(=O)O)cc3)CC1)C(C)(C)CCC2(C)C.[Li+].[OH-]. The maximum absolute atomic E-state index is 11.8. The van der Waals surface area contributed by atoms with Crippen molar-refractivity contribution in [2.45, 2.75) is 153 Å². The van der Waals surface area contributed by atoms with Crippen molar-refractivity contribution in [3.8, 4) is 0 Å². The number of carbonyl (C=O) groups is 2. The number of carboxylic acids is 1. The first-order valence-electron chi connectivity index (χ1n) is 20.5. The zero-order valence-electron chi connectivity index (χ0n) is 36.7. The van der Waals surface area contributed by atoms with E-state index in [2.05, 4.69) is 106 Å². The first-order valence-corrected chi connectivity index (χ1v) is 20.5. The Morgan fingerprint density at radius 3 is 1.07 bits per heavy atom. The smallest absolute Gasteiger partial charge is 0.870 e. The molecule has 4 aliphatic rings. The van der Waals surface area contributed by atoms with Crippen LogP contribution in [-0.4, -0.2) is 29.6 Å². The second kappa shape index (κ2) is 15.2. The first kappa shape index (κ1) is 44.5. The van der Waals surface area contributed by atoms with Crippen LogP contribution in [0.3, 0.4) is 0 Å². The van der Waals surface area contributed by atoms with Gasteiger partial charge in [-0.1, -0.05) is 104 Å². The van der Waals surface area contributed by atoms with E-state index >= 15 is 0 Å². The van der Waals surface area contributed by atoms with Crippen molar-refractivity contribution < 1.29 is 43.8 Å². The van der Waals surface area contributed by atoms with Crippen LogP contribution in [0.5, 0.6) is 0 Å². The fourth-order valence-corrected chi connectivity index (χ4v) is 10.1. The van der Waals surface area contributed by atoms with Gasteiger partial charge in [0.15, 0.2) is 0 Å². The van der Waals surface area contributed by atoms with Gasteiger partial charge in [0.05, 0.1) is 18.2 Å². The molecule has 0 spiro atoms. The van der Waals surface area contributed by atoms with Crippen molar-refractivity contribution in [1.29, 1.82) is 0 Å². The normalized spacial score (nSPS) is 20.4. The molecule has 298 valence electrons. The van der Waals surface area contributed by atoms with Gasteiger partial charge < -0.3 is 15.3 Å². The van der Waals surface area contributed by atoms with Crippen molar-refractivity contribution in [3.05, 3.63) is 140 Å². The molecule has 0 bridgehead atoms. The second-order valence-corrected chi connectivity index (χ2v) is 20.1. The Morgan fingerprint density at radius 2 is 0.789 bits per heavy atom. The van der Waals surface area contributed by atoms with Gasteiger partial charge in [-0.05, 0) is 167 Å². The van der Waals surface area contributed by atoms with Gasteiger partial charge in [0, 0.05) is 10.8 Å². The predicted molar refractivity (Wildman–Crippen MR) is 226 cm³/mol.